The zero-order valence-electron chi connectivity index (χ0n) is 12.3. The van der Waals surface area contributed by atoms with Crippen LogP contribution in [-0.4, -0.2) is 43.7 Å². The lowest BCUT2D eigenvalue weighted by atomic mass is 10.1. The first-order valence-corrected chi connectivity index (χ1v) is 7.47. The highest BCUT2D eigenvalue weighted by atomic mass is 15.2. The minimum Gasteiger partial charge on any atom is -0.314 e. The van der Waals surface area contributed by atoms with E-state index in [1.807, 2.05) is 0 Å². The first-order chi connectivity index (χ1) is 9.25. The van der Waals surface area contributed by atoms with Gasteiger partial charge in [-0.2, -0.15) is 0 Å². The molecule has 106 valence electrons. The van der Waals surface area contributed by atoms with Crippen LogP contribution in [-0.2, 0) is 6.54 Å². The quantitative estimate of drug-likeness (QED) is 0.764. The first-order valence-electron chi connectivity index (χ1n) is 7.47. The Morgan fingerprint density at radius 1 is 1.32 bits per heavy atom. The second-order valence-corrected chi connectivity index (χ2v) is 5.59. The molecule has 0 saturated carbocycles. The van der Waals surface area contributed by atoms with Crippen molar-refractivity contribution in [2.24, 2.45) is 0 Å². The number of nitrogens with one attached hydrogen (secondary N) is 2. The van der Waals surface area contributed by atoms with Gasteiger partial charge in [0.2, 0.25) is 0 Å². The number of hydrogen-bond donors (Lipinski definition) is 2. The summed E-state index contributed by atoms with van der Waals surface area (Å²) in [6, 6.07) is 9.42. The van der Waals surface area contributed by atoms with Crippen molar-refractivity contribution >= 4 is 0 Å². The fourth-order valence-corrected chi connectivity index (χ4v) is 2.67. The molecule has 1 aromatic carbocycles. The molecule has 1 unspecified atom stereocenters. The molecule has 1 aromatic rings. The van der Waals surface area contributed by atoms with Crippen LogP contribution in [0.3, 0.4) is 0 Å². The molecule has 0 radical (unpaired) electrons. The van der Waals surface area contributed by atoms with Gasteiger partial charge < -0.3 is 10.6 Å². The standard InChI is InChI=1S/C16H27N3/c1-14-4-3-5-16(12-14)13-18-7-6-15(2)19-10-8-17-9-11-19/h3-5,12,15,17-18H,6-11,13H2,1-2H3. The zero-order chi connectivity index (χ0) is 13.5. The molecule has 1 aliphatic rings. The molecule has 1 saturated heterocycles. The maximum Gasteiger partial charge on any atom is 0.0205 e. The minimum absolute atomic E-state index is 0.687. The summed E-state index contributed by atoms with van der Waals surface area (Å²) in [6.07, 6.45) is 1.23. The fraction of sp³-hybridized carbons (Fsp3) is 0.625. The first kappa shape index (κ1) is 14.5. The van der Waals surface area contributed by atoms with Crippen LogP contribution in [0.4, 0.5) is 0 Å². The maximum atomic E-state index is 3.56. The number of benzene rings is 1. The van der Waals surface area contributed by atoms with Crippen LogP contribution >= 0.6 is 0 Å². The molecule has 3 heteroatoms. The summed E-state index contributed by atoms with van der Waals surface area (Å²) in [5.41, 5.74) is 2.73. The van der Waals surface area contributed by atoms with Gasteiger partial charge in [-0.25, -0.2) is 0 Å². The Bertz CT molecular complexity index is 372. The van der Waals surface area contributed by atoms with Crippen LogP contribution in [0.2, 0.25) is 0 Å². The van der Waals surface area contributed by atoms with E-state index in [-0.39, 0.29) is 0 Å². The van der Waals surface area contributed by atoms with Gasteiger partial charge in [-0.05, 0) is 32.4 Å². The van der Waals surface area contributed by atoms with Crippen LogP contribution in [0.25, 0.3) is 0 Å². The van der Waals surface area contributed by atoms with Gasteiger partial charge in [-0.1, -0.05) is 29.8 Å². The topological polar surface area (TPSA) is 27.3 Å². The van der Waals surface area contributed by atoms with E-state index in [4.69, 9.17) is 0 Å². The summed E-state index contributed by atoms with van der Waals surface area (Å²) in [5, 5.41) is 6.96. The maximum absolute atomic E-state index is 3.56. The van der Waals surface area contributed by atoms with E-state index in [0.717, 1.165) is 26.2 Å². The third-order valence-electron chi connectivity index (χ3n) is 3.93. The van der Waals surface area contributed by atoms with Crippen molar-refractivity contribution in [3.8, 4) is 0 Å². The van der Waals surface area contributed by atoms with Crippen molar-refractivity contribution in [1.29, 1.82) is 0 Å². The molecule has 0 aromatic heterocycles. The molecule has 1 atom stereocenters. The van der Waals surface area contributed by atoms with Gasteiger partial charge in [-0.3, -0.25) is 4.90 Å². The molecule has 19 heavy (non-hydrogen) atoms. The minimum atomic E-state index is 0.687. The molecule has 1 fully saturated rings. The third-order valence-corrected chi connectivity index (χ3v) is 3.93. The Kier molecular flexibility index (Phi) is 5.83. The summed E-state index contributed by atoms with van der Waals surface area (Å²) in [4.78, 5) is 2.59. The van der Waals surface area contributed by atoms with Gasteiger partial charge in [0, 0.05) is 38.8 Å². The zero-order valence-corrected chi connectivity index (χ0v) is 12.3. The average Bonchev–Trinajstić information content (AvgIpc) is 2.44. The molecular weight excluding hydrogens is 234 g/mol. The Balaban J connectivity index is 1.63. The number of nitrogens with zero attached hydrogens (tertiary/aromatic N) is 1. The molecule has 0 bridgehead atoms. The van der Waals surface area contributed by atoms with Crippen LogP contribution in [0, 0.1) is 6.92 Å². The average molecular weight is 261 g/mol. The number of aryl methyl sites for hydroxylation is 1. The summed E-state index contributed by atoms with van der Waals surface area (Å²) in [7, 11) is 0. The molecule has 1 aliphatic heterocycles. The van der Waals surface area contributed by atoms with Crippen molar-refractivity contribution in [2.45, 2.75) is 32.9 Å². The predicted molar refractivity (Wildman–Crippen MR) is 81.4 cm³/mol. The Labute approximate surface area is 117 Å². The van der Waals surface area contributed by atoms with Gasteiger partial charge in [0.25, 0.3) is 0 Å². The molecule has 0 amide bonds. The molecule has 1 heterocycles. The molecule has 2 rings (SSSR count). The second-order valence-electron chi connectivity index (χ2n) is 5.59. The fourth-order valence-electron chi connectivity index (χ4n) is 2.67. The number of rotatable bonds is 6. The summed E-state index contributed by atoms with van der Waals surface area (Å²) in [5.74, 6) is 0. The largest absolute Gasteiger partial charge is 0.314 e. The highest BCUT2D eigenvalue weighted by molar-refractivity contribution is 5.21. The molecular formula is C16H27N3. The van der Waals surface area contributed by atoms with Gasteiger partial charge in [0.15, 0.2) is 0 Å². The van der Waals surface area contributed by atoms with Crippen molar-refractivity contribution in [2.75, 3.05) is 32.7 Å². The van der Waals surface area contributed by atoms with E-state index in [1.54, 1.807) is 0 Å². The van der Waals surface area contributed by atoms with E-state index in [2.05, 4.69) is 53.6 Å². The van der Waals surface area contributed by atoms with Crippen molar-refractivity contribution in [3.63, 3.8) is 0 Å². The monoisotopic (exact) mass is 261 g/mol. The third kappa shape index (κ3) is 4.94. The normalized spacial score (nSPS) is 18.4. The smallest absolute Gasteiger partial charge is 0.0205 e. The van der Waals surface area contributed by atoms with Gasteiger partial charge >= 0.3 is 0 Å². The SMILES string of the molecule is Cc1cccc(CNCCC(C)N2CCNCC2)c1. The van der Waals surface area contributed by atoms with E-state index < -0.39 is 0 Å². The molecule has 3 nitrogen and oxygen atoms in total. The van der Waals surface area contributed by atoms with Gasteiger partial charge in [-0.15, -0.1) is 0 Å². The lowest BCUT2D eigenvalue weighted by Gasteiger charge is -2.32. The van der Waals surface area contributed by atoms with E-state index in [0.29, 0.717) is 6.04 Å². The lowest BCUT2D eigenvalue weighted by molar-refractivity contribution is 0.176. The Morgan fingerprint density at radius 2 is 2.11 bits per heavy atom. The summed E-state index contributed by atoms with van der Waals surface area (Å²) in [6.45, 7) is 11.2. The highest BCUT2D eigenvalue weighted by Crippen LogP contribution is 2.06. The van der Waals surface area contributed by atoms with Crippen molar-refractivity contribution < 1.29 is 0 Å². The van der Waals surface area contributed by atoms with E-state index in [1.165, 1.54) is 30.6 Å². The Hall–Kier alpha value is -0.900. The van der Waals surface area contributed by atoms with E-state index >= 15 is 0 Å². The summed E-state index contributed by atoms with van der Waals surface area (Å²) >= 11 is 0. The van der Waals surface area contributed by atoms with Gasteiger partial charge in [0.1, 0.15) is 0 Å². The number of piperazine rings is 1. The molecule has 2 N–H and O–H groups in total. The van der Waals surface area contributed by atoms with Crippen LogP contribution in [0.1, 0.15) is 24.5 Å². The van der Waals surface area contributed by atoms with Crippen LogP contribution < -0.4 is 10.6 Å². The second kappa shape index (κ2) is 7.63. The lowest BCUT2D eigenvalue weighted by Crippen LogP contribution is -2.48. The predicted octanol–water partition coefficient (Wildman–Crippen LogP) is 1.77. The van der Waals surface area contributed by atoms with Gasteiger partial charge in [0.05, 0.1) is 0 Å². The highest BCUT2D eigenvalue weighted by Gasteiger charge is 2.15. The Morgan fingerprint density at radius 3 is 2.84 bits per heavy atom. The van der Waals surface area contributed by atoms with Crippen LogP contribution in [0.5, 0.6) is 0 Å². The van der Waals surface area contributed by atoms with Crippen molar-refractivity contribution in [3.05, 3.63) is 35.4 Å². The van der Waals surface area contributed by atoms with E-state index in [9.17, 15) is 0 Å². The van der Waals surface area contributed by atoms with Crippen LogP contribution in [0.15, 0.2) is 24.3 Å². The number of hydrogen-bond acceptors (Lipinski definition) is 3. The summed E-state index contributed by atoms with van der Waals surface area (Å²) < 4.78 is 0. The van der Waals surface area contributed by atoms with Crippen molar-refractivity contribution in [1.82, 2.24) is 15.5 Å². The molecule has 0 spiro atoms. The molecule has 0 aliphatic carbocycles.